The Hall–Kier alpha value is -1.97. The number of esters is 1. The van der Waals surface area contributed by atoms with E-state index in [1.54, 1.807) is 30.3 Å². The van der Waals surface area contributed by atoms with Gasteiger partial charge in [-0.15, -0.1) is 0 Å². The lowest BCUT2D eigenvalue weighted by Crippen LogP contribution is -3.15. The first kappa shape index (κ1) is 22.3. The van der Waals surface area contributed by atoms with E-state index in [4.69, 9.17) is 4.74 Å². The number of carbonyl (C=O) groups is 2. The minimum Gasteiger partial charge on any atom is -0.467 e. The van der Waals surface area contributed by atoms with Crippen LogP contribution in [-0.4, -0.2) is 70.5 Å². The Morgan fingerprint density at radius 3 is 2.36 bits per heavy atom. The smallest absolute Gasteiger partial charge is 0.328 e. The summed E-state index contributed by atoms with van der Waals surface area (Å²) < 4.78 is 31.6. The van der Waals surface area contributed by atoms with Gasteiger partial charge in [-0.05, 0) is 18.1 Å². The molecular formula is C19H30N3O5S+. The number of amides is 1. The van der Waals surface area contributed by atoms with Crippen molar-refractivity contribution in [1.29, 1.82) is 0 Å². The van der Waals surface area contributed by atoms with Crippen molar-refractivity contribution in [1.82, 2.24) is 9.62 Å². The third-order valence-corrected chi connectivity index (χ3v) is 7.12. The summed E-state index contributed by atoms with van der Waals surface area (Å²) in [7, 11) is -2.20. The van der Waals surface area contributed by atoms with Crippen LogP contribution in [-0.2, 0) is 24.3 Å². The van der Waals surface area contributed by atoms with Crippen LogP contribution in [0.1, 0.15) is 20.3 Å². The van der Waals surface area contributed by atoms with E-state index in [0.717, 1.165) is 11.3 Å². The molecular weight excluding hydrogens is 382 g/mol. The Morgan fingerprint density at radius 1 is 1.21 bits per heavy atom. The number of carbonyl (C=O) groups excluding carboxylic acids is 2. The van der Waals surface area contributed by atoms with Crippen molar-refractivity contribution in [3.05, 3.63) is 30.3 Å². The first-order valence-electron chi connectivity index (χ1n) is 9.55. The second kappa shape index (κ2) is 9.99. The molecule has 2 N–H and O–H groups in total. The molecule has 1 saturated heterocycles. The van der Waals surface area contributed by atoms with E-state index in [9.17, 15) is 18.0 Å². The molecule has 1 aliphatic heterocycles. The van der Waals surface area contributed by atoms with Gasteiger partial charge >= 0.3 is 5.97 Å². The molecule has 1 fully saturated rings. The third kappa shape index (κ3) is 5.52. The van der Waals surface area contributed by atoms with Crippen molar-refractivity contribution in [3.8, 4) is 0 Å². The van der Waals surface area contributed by atoms with Crippen LogP contribution < -0.4 is 10.2 Å². The van der Waals surface area contributed by atoms with Crippen LogP contribution in [0.3, 0.4) is 0 Å². The Morgan fingerprint density at radius 2 is 1.82 bits per heavy atom. The van der Waals surface area contributed by atoms with Gasteiger partial charge in [0.2, 0.25) is 10.0 Å². The number of rotatable bonds is 8. The van der Waals surface area contributed by atoms with Crippen molar-refractivity contribution < 1.29 is 27.6 Å². The van der Waals surface area contributed by atoms with Gasteiger partial charge in [0.25, 0.3) is 5.91 Å². The third-order valence-electron chi connectivity index (χ3n) is 5.21. The fourth-order valence-electron chi connectivity index (χ4n) is 3.21. The number of quaternary nitrogens is 1. The second-order valence-corrected chi connectivity index (χ2v) is 9.04. The molecule has 1 aromatic rings. The lowest BCUT2D eigenvalue weighted by molar-refractivity contribution is -0.895. The molecule has 0 saturated carbocycles. The normalized spacial score (nSPS) is 18.2. The van der Waals surface area contributed by atoms with Crippen molar-refractivity contribution in [2.24, 2.45) is 5.92 Å². The Labute approximate surface area is 166 Å². The molecule has 1 amide bonds. The number of ether oxygens (including phenoxy) is 1. The molecule has 0 unspecified atom stereocenters. The molecule has 1 heterocycles. The summed E-state index contributed by atoms with van der Waals surface area (Å²) in [6.07, 6.45) is 0.739. The van der Waals surface area contributed by atoms with Gasteiger partial charge < -0.3 is 15.0 Å². The van der Waals surface area contributed by atoms with E-state index >= 15 is 0 Å². The molecule has 8 nitrogen and oxygen atoms in total. The van der Waals surface area contributed by atoms with E-state index in [1.807, 2.05) is 13.8 Å². The van der Waals surface area contributed by atoms with Crippen molar-refractivity contribution in [2.75, 3.05) is 39.8 Å². The molecule has 28 heavy (non-hydrogen) atoms. The first-order valence-corrected chi connectivity index (χ1v) is 11.0. The van der Waals surface area contributed by atoms with E-state index in [2.05, 4.69) is 5.32 Å². The molecule has 2 rings (SSSR count). The maximum atomic E-state index is 12.7. The average Bonchev–Trinajstić information content (AvgIpc) is 2.72. The summed E-state index contributed by atoms with van der Waals surface area (Å²) in [5.74, 6) is -0.708. The highest BCUT2D eigenvalue weighted by Gasteiger charge is 2.32. The van der Waals surface area contributed by atoms with Crippen molar-refractivity contribution in [2.45, 2.75) is 31.2 Å². The van der Waals surface area contributed by atoms with Crippen LogP contribution in [0.15, 0.2) is 35.2 Å². The van der Waals surface area contributed by atoms with E-state index in [-0.39, 0.29) is 23.3 Å². The molecule has 1 aliphatic rings. The quantitative estimate of drug-likeness (QED) is 0.550. The molecule has 0 radical (unpaired) electrons. The Kier molecular flexibility index (Phi) is 7.97. The highest BCUT2D eigenvalue weighted by Crippen LogP contribution is 2.14. The zero-order valence-electron chi connectivity index (χ0n) is 16.7. The highest BCUT2D eigenvalue weighted by atomic mass is 32.2. The van der Waals surface area contributed by atoms with Crippen LogP contribution in [0, 0.1) is 5.92 Å². The first-order chi connectivity index (χ1) is 13.3. The van der Waals surface area contributed by atoms with Gasteiger partial charge in [-0.2, -0.15) is 4.31 Å². The molecule has 0 aliphatic carbocycles. The summed E-state index contributed by atoms with van der Waals surface area (Å²) in [5.41, 5.74) is 0. The monoisotopic (exact) mass is 412 g/mol. The fourth-order valence-corrected chi connectivity index (χ4v) is 4.67. The molecule has 1 aromatic carbocycles. The van der Waals surface area contributed by atoms with Gasteiger partial charge in [-0.1, -0.05) is 38.5 Å². The molecule has 2 atom stereocenters. The Balaban J connectivity index is 1.89. The lowest BCUT2D eigenvalue weighted by Gasteiger charge is -2.31. The van der Waals surface area contributed by atoms with Crippen LogP contribution in [0.4, 0.5) is 0 Å². The number of nitrogens with zero attached hydrogens (tertiary/aromatic N) is 1. The van der Waals surface area contributed by atoms with Crippen molar-refractivity contribution in [3.63, 3.8) is 0 Å². The largest absolute Gasteiger partial charge is 0.467 e. The predicted octanol–water partition coefficient (Wildman–Crippen LogP) is -0.720. The van der Waals surface area contributed by atoms with Crippen LogP contribution in [0.5, 0.6) is 0 Å². The number of benzene rings is 1. The maximum absolute atomic E-state index is 12.7. The summed E-state index contributed by atoms with van der Waals surface area (Å²) >= 11 is 0. The fraction of sp³-hybridized carbons (Fsp3) is 0.579. The minimum atomic E-state index is -3.50. The predicted molar refractivity (Wildman–Crippen MR) is 104 cm³/mol. The molecule has 0 spiro atoms. The van der Waals surface area contributed by atoms with Crippen LogP contribution in [0.25, 0.3) is 0 Å². The topological polar surface area (TPSA) is 97.2 Å². The number of hydrogen-bond acceptors (Lipinski definition) is 5. The maximum Gasteiger partial charge on any atom is 0.328 e. The van der Waals surface area contributed by atoms with Gasteiger partial charge in [-0.25, -0.2) is 13.2 Å². The Bertz CT molecular complexity index is 761. The number of hydrogen-bond donors (Lipinski definition) is 2. The van der Waals surface area contributed by atoms with Gasteiger partial charge in [0, 0.05) is 0 Å². The number of piperazine rings is 1. The summed E-state index contributed by atoms with van der Waals surface area (Å²) in [6, 6.07) is 7.69. The standard InChI is InChI=1S/C19H29N3O5S/c1-4-15(2)18(19(24)27-3)20-17(23)14-21-10-12-22(13-11-21)28(25,26)16-8-6-5-7-9-16/h5-9,15,18H,4,10-14H2,1-3H3,(H,20,23)/p+1/t15-,18-/m0/s1. The number of methoxy groups -OCH3 is 1. The summed E-state index contributed by atoms with van der Waals surface area (Å²) in [4.78, 5) is 25.6. The second-order valence-electron chi connectivity index (χ2n) is 7.10. The zero-order valence-corrected chi connectivity index (χ0v) is 17.5. The van der Waals surface area contributed by atoms with Crippen LogP contribution >= 0.6 is 0 Å². The highest BCUT2D eigenvalue weighted by molar-refractivity contribution is 7.89. The molecule has 156 valence electrons. The summed E-state index contributed by atoms with van der Waals surface area (Å²) in [5, 5.41) is 2.77. The van der Waals surface area contributed by atoms with E-state index in [1.165, 1.54) is 11.4 Å². The summed E-state index contributed by atoms with van der Waals surface area (Å²) in [6.45, 7) is 5.81. The molecule has 0 aromatic heterocycles. The van der Waals surface area contributed by atoms with E-state index < -0.39 is 22.0 Å². The van der Waals surface area contributed by atoms with Crippen LogP contribution in [0.2, 0.25) is 0 Å². The van der Waals surface area contributed by atoms with Crippen molar-refractivity contribution >= 4 is 21.9 Å². The van der Waals surface area contributed by atoms with Gasteiger partial charge in [0.05, 0.1) is 38.2 Å². The van der Waals surface area contributed by atoms with Gasteiger partial charge in [0.1, 0.15) is 6.04 Å². The average molecular weight is 413 g/mol. The SMILES string of the molecule is CC[C@H](C)[C@H](NC(=O)C[NH+]1CCN(S(=O)(=O)c2ccccc2)CC1)C(=O)OC. The molecule has 9 heteroatoms. The van der Waals surface area contributed by atoms with E-state index in [0.29, 0.717) is 26.2 Å². The number of sulfonamides is 1. The number of nitrogens with one attached hydrogen (secondary N) is 2. The zero-order chi connectivity index (χ0) is 20.7. The van der Waals surface area contributed by atoms with Gasteiger partial charge in [0.15, 0.2) is 6.54 Å². The van der Waals surface area contributed by atoms with Gasteiger partial charge in [-0.3, -0.25) is 4.79 Å². The lowest BCUT2D eigenvalue weighted by atomic mass is 9.99. The minimum absolute atomic E-state index is 0.0285. The molecule has 0 bridgehead atoms.